The molecule has 0 amide bonds. The van der Waals surface area contributed by atoms with Gasteiger partial charge in [0.2, 0.25) is 0 Å². The molecule has 3 nitrogen and oxygen atoms in total. The third-order valence-electron chi connectivity index (χ3n) is 1.47. The molecule has 0 saturated heterocycles. The molecule has 0 unspecified atom stereocenters. The van der Waals surface area contributed by atoms with E-state index in [1.807, 2.05) is 6.92 Å². The Kier molecular flexibility index (Phi) is 6.14. The zero-order valence-corrected chi connectivity index (χ0v) is 8.26. The fourth-order valence-electron chi connectivity index (χ4n) is 0.768. The second kappa shape index (κ2) is 6.60. The number of allylic oxidation sites excluding steroid dienone is 1. The third-order valence-corrected chi connectivity index (χ3v) is 1.47. The molecule has 4 N–H and O–H groups in total. The van der Waals surface area contributed by atoms with Gasteiger partial charge in [-0.1, -0.05) is 6.08 Å². The van der Waals surface area contributed by atoms with E-state index < -0.39 is 0 Å². The van der Waals surface area contributed by atoms with Crippen LogP contribution in [0.2, 0.25) is 0 Å². The summed E-state index contributed by atoms with van der Waals surface area (Å²) in [6.45, 7) is 3.57. The summed E-state index contributed by atoms with van der Waals surface area (Å²) in [6.07, 6.45) is 2.96. The van der Waals surface area contributed by atoms with Crippen LogP contribution in [0, 0.1) is 0 Å². The van der Waals surface area contributed by atoms with E-state index in [1.54, 1.807) is 6.92 Å². The Hall–Kier alpha value is -0.900. The van der Waals surface area contributed by atoms with Crippen molar-refractivity contribution in [2.75, 3.05) is 6.54 Å². The van der Waals surface area contributed by atoms with Crippen LogP contribution in [0.1, 0.15) is 26.7 Å². The van der Waals surface area contributed by atoms with Gasteiger partial charge in [0.15, 0.2) is 0 Å². The molecule has 0 aliphatic rings. The summed E-state index contributed by atoms with van der Waals surface area (Å²) < 4.78 is 12.9. The Morgan fingerprint density at radius 1 is 1.62 bits per heavy atom. The van der Waals surface area contributed by atoms with Crippen LogP contribution in [0.25, 0.3) is 0 Å². The quantitative estimate of drug-likeness (QED) is 0.504. The topological polar surface area (TPSA) is 64.4 Å². The number of rotatable bonds is 5. The Balaban J connectivity index is 3.70. The fraction of sp³-hybridized carbons (Fsp3) is 0.667. The highest BCUT2D eigenvalue weighted by molar-refractivity contribution is 5.77. The van der Waals surface area contributed by atoms with Crippen molar-refractivity contribution < 1.29 is 4.39 Å². The van der Waals surface area contributed by atoms with Crippen molar-refractivity contribution in [1.29, 1.82) is 0 Å². The van der Waals surface area contributed by atoms with Crippen LogP contribution in [-0.4, -0.2) is 18.4 Å². The summed E-state index contributed by atoms with van der Waals surface area (Å²) in [5.41, 5.74) is 10.8. The molecular formula is C9H18FN3. The maximum Gasteiger partial charge on any atom is 0.117 e. The summed E-state index contributed by atoms with van der Waals surface area (Å²) in [5.74, 6) is 0.154. The molecule has 0 aliphatic heterocycles. The van der Waals surface area contributed by atoms with Gasteiger partial charge in [0, 0.05) is 6.04 Å². The Labute approximate surface area is 78.7 Å². The smallest absolute Gasteiger partial charge is 0.117 e. The summed E-state index contributed by atoms with van der Waals surface area (Å²) in [6, 6.07) is 0.115. The first-order valence-corrected chi connectivity index (χ1v) is 4.39. The first-order valence-electron chi connectivity index (χ1n) is 4.39. The van der Waals surface area contributed by atoms with Crippen LogP contribution in [0.15, 0.2) is 16.9 Å². The lowest BCUT2D eigenvalue weighted by atomic mass is 10.2. The van der Waals surface area contributed by atoms with Crippen molar-refractivity contribution in [3.8, 4) is 0 Å². The summed E-state index contributed by atoms with van der Waals surface area (Å²) in [5, 5.41) is 0. The molecule has 0 aromatic heterocycles. The maximum absolute atomic E-state index is 12.9. The van der Waals surface area contributed by atoms with Crippen LogP contribution in [-0.2, 0) is 0 Å². The molecule has 0 radical (unpaired) electrons. The van der Waals surface area contributed by atoms with Gasteiger partial charge in [0.05, 0.1) is 12.4 Å². The highest BCUT2D eigenvalue weighted by Crippen LogP contribution is 2.02. The number of hydrogen-bond donors (Lipinski definition) is 2. The minimum atomic E-state index is -0.245. The zero-order chi connectivity index (χ0) is 10.3. The third kappa shape index (κ3) is 9.01. The molecule has 0 rings (SSSR count). The van der Waals surface area contributed by atoms with Crippen LogP contribution in [0.3, 0.4) is 0 Å². The van der Waals surface area contributed by atoms with Gasteiger partial charge < -0.3 is 11.5 Å². The molecular weight excluding hydrogens is 169 g/mol. The van der Waals surface area contributed by atoms with E-state index >= 15 is 0 Å². The Morgan fingerprint density at radius 3 is 2.69 bits per heavy atom. The lowest BCUT2D eigenvalue weighted by Gasteiger charge is -2.00. The number of nitrogens with zero attached hydrogens (tertiary/aromatic N) is 1. The summed E-state index contributed by atoms with van der Waals surface area (Å²) in [7, 11) is 0. The van der Waals surface area contributed by atoms with Crippen molar-refractivity contribution in [2.24, 2.45) is 16.5 Å². The van der Waals surface area contributed by atoms with Gasteiger partial charge in [-0.15, -0.1) is 0 Å². The predicted octanol–water partition coefficient (Wildman–Crippen LogP) is 1.34. The molecule has 0 heterocycles. The van der Waals surface area contributed by atoms with E-state index in [0.717, 1.165) is 6.42 Å². The first-order chi connectivity index (χ1) is 6.02. The van der Waals surface area contributed by atoms with Gasteiger partial charge in [-0.2, -0.15) is 0 Å². The van der Waals surface area contributed by atoms with Gasteiger partial charge in [0.1, 0.15) is 5.83 Å². The van der Waals surface area contributed by atoms with Crippen molar-refractivity contribution in [2.45, 2.75) is 32.7 Å². The van der Waals surface area contributed by atoms with E-state index in [0.29, 0.717) is 12.3 Å². The van der Waals surface area contributed by atoms with E-state index in [2.05, 4.69) is 4.99 Å². The van der Waals surface area contributed by atoms with E-state index in [4.69, 9.17) is 11.5 Å². The largest absolute Gasteiger partial charge is 0.388 e. The molecule has 4 heteroatoms. The number of amidine groups is 1. The van der Waals surface area contributed by atoms with Crippen LogP contribution < -0.4 is 11.5 Å². The van der Waals surface area contributed by atoms with Crippen molar-refractivity contribution >= 4 is 5.84 Å². The molecule has 1 atom stereocenters. The summed E-state index contributed by atoms with van der Waals surface area (Å²) >= 11 is 0. The first kappa shape index (κ1) is 12.1. The van der Waals surface area contributed by atoms with Crippen molar-refractivity contribution in [1.82, 2.24) is 0 Å². The van der Waals surface area contributed by atoms with Gasteiger partial charge in [-0.05, 0) is 26.7 Å². The number of aliphatic imine (C=N–C) groups is 1. The molecule has 0 saturated carbocycles. The second-order valence-electron chi connectivity index (χ2n) is 3.16. The molecule has 0 aliphatic carbocycles. The summed E-state index contributed by atoms with van der Waals surface area (Å²) in [4.78, 5) is 3.74. The zero-order valence-electron chi connectivity index (χ0n) is 8.26. The van der Waals surface area contributed by atoms with Crippen LogP contribution >= 0.6 is 0 Å². The van der Waals surface area contributed by atoms with Crippen LogP contribution in [0.5, 0.6) is 0 Å². The van der Waals surface area contributed by atoms with Gasteiger partial charge >= 0.3 is 0 Å². The average Bonchev–Trinajstić information content (AvgIpc) is 2.00. The average molecular weight is 187 g/mol. The maximum atomic E-state index is 12.9. The Bertz CT molecular complexity index is 193. The predicted molar refractivity (Wildman–Crippen MR) is 54.2 cm³/mol. The molecule has 13 heavy (non-hydrogen) atoms. The molecule has 0 fully saturated rings. The molecule has 0 spiro atoms. The van der Waals surface area contributed by atoms with Gasteiger partial charge in [-0.25, -0.2) is 4.39 Å². The van der Waals surface area contributed by atoms with E-state index in [9.17, 15) is 4.39 Å². The highest BCUT2D eigenvalue weighted by Gasteiger charge is 1.95. The number of hydrogen-bond acceptors (Lipinski definition) is 2. The second-order valence-corrected chi connectivity index (χ2v) is 3.16. The van der Waals surface area contributed by atoms with Gasteiger partial charge in [0.25, 0.3) is 0 Å². The Morgan fingerprint density at radius 2 is 2.23 bits per heavy atom. The lowest BCUT2D eigenvalue weighted by molar-refractivity contribution is 0.601. The highest BCUT2D eigenvalue weighted by atomic mass is 19.1. The van der Waals surface area contributed by atoms with Crippen molar-refractivity contribution in [3.63, 3.8) is 0 Å². The van der Waals surface area contributed by atoms with Crippen molar-refractivity contribution in [3.05, 3.63) is 11.9 Å². The van der Waals surface area contributed by atoms with E-state index in [1.165, 1.54) is 6.08 Å². The lowest BCUT2D eigenvalue weighted by Crippen LogP contribution is -2.13. The number of nitrogens with two attached hydrogens (primary N) is 2. The van der Waals surface area contributed by atoms with Crippen LogP contribution in [0.4, 0.5) is 4.39 Å². The molecule has 0 bridgehead atoms. The molecule has 0 aromatic carbocycles. The normalized spacial score (nSPS) is 16.0. The van der Waals surface area contributed by atoms with Gasteiger partial charge in [-0.3, -0.25) is 4.99 Å². The number of halogens is 1. The fourth-order valence-corrected chi connectivity index (χ4v) is 0.768. The SMILES string of the molecule is CC(N)=NC/C(F)=C\CC[C@H](C)N. The van der Waals surface area contributed by atoms with E-state index in [-0.39, 0.29) is 18.4 Å². The molecule has 76 valence electrons. The monoisotopic (exact) mass is 187 g/mol. The minimum Gasteiger partial charge on any atom is -0.388 e. The molecule has 0 aromatic rings. The standard InChI is InChI=1S/C9H18FN3/c1-7(11)4-3-5-9(10)6-13-8(2)12/h5,7H,3-4,6,11H2,1-2H3,(H2,12,13)/b9-5+/t7-/m0/s1. The minimum absolute atomic E-state index is 0.0429.